The normalized spacial score (nSPS) is 15.1. The molecule has 14 heavy (non-hydrogen) atoms. The number of hydrogen-bond acceptors (Lipinski definition) is 4. The fourth-order valence-electron chi connectivity index (χ4n) is 1.77. The Morgan fingerprint density at radius 2 is 2.29 bits per heavy atom. The Bertz CT molecular complexity index is 425. The fraction of sp³-hybridized carbons (Fsp3) is 0.444. The first-order valence-corrected chi connectivity index (χ1v) is 4.50. The maximum atomic E-state index is 11.3. The van der Waals surface area contributed by atoms with E-state index in [-0.39, 0.29) is 5.56 Å². The van der Waals surface area contributed by atoms with Crippen LogP contribution in [0.25, 0.3) is 0 Å². The van der Waals surface area contributed by atoms with E-state index in [1.807, 2.05) is 16.5 Å². The van der Waals surface area contributed by atoms with Crippen LogP contribution in [0.1, 0.15) is 16.8 Å². The summed E-state index contributed by atoms with van der Waals surface area (Å²) < 4.78 is 1.84. The lowest BCUT2D eigenvalue weighted by molar-refractivity contribution is 0.112. The minimum absolute atomic E-state index is 0.162. The number of carbonyl (C=O) groups excluding carboxylic acids is 1. The lowest BCUT2D eigenvalue weighted by Crippen LogP contribution is -2.33. The van der Waals surface area contributed by atoms with Crippen molar-refractivity contribution >= 4 is 12.1 Å². The monoisotopic (exact) mass is 193 g/mol. The van der Waals surface area contributed by atoms with Gasteiger partial charge in [-0.3, -0.25) is 9.59 Å². The summed E-state index contributed by atoms with van der Waals surface area (Å²) in [6.45, 7) is 1.68. The molecule has 0 bridgehead atoms. The molecule has 74 valence electrons. The van der Waals surface area contributed by atoms with E-state index in [1.54, 1.807) is 0 Å². The third-order valence-electron chi connectivity index (χ3n) is 2.43. The van der Waals surface area contributed by atoms with Crippen molar-refractivity contribution in [2.75, 3.05) is 18.5 Å². The van der Waals surface area contributed by atoms with Gasteiger partial charge in [0.15, 0.2) is 6.29 Å². The minimum Gasteiger partial charge on any atom is -0.360 e. The van der Waals surface area contributed by atoms with Crippen LogP contribution in [-0.4, -0.2) is 29.4 Å². The van der Waals surface area contributed by atoms with Gasteiger partial charge < -0.3 is 9.47 Å². The number of aromatic nitrogens is 2. The van der Waals surface area contributed by atoms with Crippen molar-refractivity contribution in [1.29, 1.82) is 0 Å². The summed E-state index contributed by atoms with van der Waals surface area (Å²) in [7, 11) is 1.87. The molecule has 5 nitrogen and oxygen atoms in total. The molecular weight excluding hydrogens is 182 g/mol. The number of carbonyl (C=O) groups is 1. The number of fused-ring (bicyclic) bond motifs is 1. The fourth-order valence-corrected chi connectivity index (χ4v) is 1.77. The van der Waals surface area contributed by atoms with Crippen LogP contribution in [0.2, 0.25) is 0 Å². The van der Waals surface area contributed by atoms with Gasteiger partial charge in [0.1, 0.15) is 17.7 Å². The van der Waals surface area contributed by atoms with Crippen molar-refractivity contribution in [2.24, 2.45) is 0 Å². The topological polar surface area (TPSA) is 55.2 Å². The van der Waals surface area contributed by atoms with Gasteiger partial charge in [0.25, 0.3) is 5.56 Å². The zero-order chi connectivity index (χ0) is 10.1. The summed E-state index contributed by atoms with van der Waals surface area (Å²) in [5, 5.41) is 0. The van der Waals surface area contributed by atoms with E-state index in [9.17, 15) is 9.59 Å². The molecule has 0 spiro atoms. The highest BCUT2D eigenvalue weighted by atomic mass is 16.1. The Labute approximate surface area is 81.0 Å². The molecule has 0 amide bonds. The zero-order valence-corrected chi connectivity index (χ0v) is 7.93. The highest BCUT2D eigenvalue weighted by Crippen LogP contribution is 2.19. The van der Waals surface area contributed by atoms with Crippen molar-refractivity contribution in [3.8, 4) is 0 Å². The van der Waals surface area contributed by atoms with Gasteiger partial charge in [0, 0.05) is 20.1 Å². The van der Waals surface area contributed by atoms with Gasteiger partial charge in [-0.2, -0.15) is 4.98 Å². The molecule has 0 atom stereocenters. The van der Waals surface area contributed by atoms with Crippen LogP contribution >= 0.6 is 0 Å². The van der Waals surface area contributed by atoms with Crippen molar-refractivity contribution in [1.82, 2.24) is 9.55 Å². The van der Waals surface area contributed by atoms with Gasteiger partial charge >= 0.3 is 0 Å². The molecule has 0 fully saturated rings. The predicted molar refractivity (Wildman–Crippen MR) is 51.8 cm³/mol. The largest absolute Gasteiger partial charge is 0.360 e. The maximum Gasteiger partial charge on any atom is 0.285 e. The molecule has 2 rings (SSSR count). The highest BCUT2D eigenvalue weighted by Gasteiger charge is 2.18. The summed E-state index contributed by atoms with van der Waals surface area (Å²) in [4.78, 5) is 27.6. The molecule has 5 heteroatoms. The second-order valence-corrected chi connectivity index (χ2v) is 3.37. The first kappa shape index (κ1) is 8.93. The molecule has 1 aliphatic heterocycles. The summed E-state index contributed by atoms with van der Waals surface area (Å²) in [5.74, 6) is 0.686. The van der Waals surface area contributed by atoms with Gasteiger partial charge in [-0.15, -0.1) is 0 Å². The van der Waals surface area contributed by atoms with Gasteiger partial charge in [0.2, 0.25) is 0 Å². The maximum absolute atomic E-state index is 11.3. The summed E-state index contributed by atoms with van der Waals surface area (Å²) >= 11 is 0. The number of rotatable bonds is 1. The zero-order valence-electron chi connectivity index (χ0n) is 7.93. The molecule has 0 saturated carbocycles. The molecule has 0 aromatic carbocycles. The molecule has 0 saturated heterocycles. The third kappa shape index (κ3) is 1.21. The number of aldehydes is 1. The van der Waals surface area contributed by atoms with Crippen LogP contribution in [0.15, 0.2) is 11.1 Å². The lowest BCUT2D eigenvalue weighted by atomic mass is 10.2. The average Bonchev–Trinajstić information content (AvgIpc) is 2.19. The number of nitrogens with zero attached hydrogens (tertiary/aromatic N) is 3. The van der Waals surface area contributed by atoms with Crippen molar-refractivity contribution in [3.63, 3.8) is 0 Å². The Morgan fingerprint density at radius 3 is 3.00 bits per heavy atom. The molecular formula is C9H11N3O2. The summed E-state index contributed by atoms with van der Waals surface area (Å²) in [6.07, 6.45) is 3.09. The Hall–Kier alpha value is -1.65. The highest BCUT2D eigenvalue weighted by molar-refractivity contribution is 5.82. The molecule has 1 aromatic rings. The smallest absolute Gasteiger partial charge is 0.285 e. The Balaban J connectivity index is 2.69. The second-order valence-electron chi connectivity index (χ2n) is 3.37. The van der Waals surface area contributed by atoms with Crippen LogP contribution in [-0.2, 0) is 6.54 Å². The molecule has 0 aliphatic carbocycles. The van der Waals surface area contributed by atoms with Crippen LogP contribution in [0, 0.1) is 0 Å². The van der Waals surface area contributed by atoms with Crippen LogP contribution in [0.3, 0.4) is 0 Å². The molecule has 1 aromatic heterocycles. The quantitative estimate of drug-likeness (QED) is 0.584. The van der Waals surface area contributed by atoms with Crippen molar-refractivity contribution < 1.29 is 4.79 Å². The second kappa shape index (κ2) is 3.25. The number of anilines is 1. The van der Waals surface area contributed by atoms with E-state index in [0.717, 1.165) is 19.5 Å². The number of aryl methyl sites for hydroxylation is 1. The van der Waals surface area contributed by atoms with Gasteiger partial charge in [-0.25, -0.2) is 0 Å². The first-order chi connectivity index (χ1) is 6.74. The van der Waals surface area contributed by atoms with E-state index in [4.69, 9.17) is 0 Å². The van der Waals surface area contributed by atoms with Gasteiger partial charge in [-0.1, -0.05) is 0 Å². The third-order valence-corrected chi connectivity index (χ3v) is 2.43. The summed E-state index contributed by atoms with van der Waals surface area (Å²) in [6, 6.07) is 0. The van der Waals surface area contributed by atoms with E-state index < -0.39 is 5.56 Å². The van der Waals surface area contributed by atoms with E-state index in [0.29, 0.717) is 12.1 Å². The SMILES string of the molecule is CN1CCCn2cnc(=O)c(C=O)c21. The molecule has 2 heterocycles. The standard InChI is InChI=1S/C9H11N3O2/c1-11-3-2-4-12-6-10-8(14)7(5-13)9(11)12/h5-6H,2-4H2,1H3. The molecule has 0 radical (unpaired) electrons. The van der Waals surface area contributed by atoms with Crippen LogP contribution < -0.4 is 10.5 Å². The van der Waals surface area contributed by atoms with E-state index >= 15 is 0 Å². The van der Waals surface area contributed by atoms with Crippen molar-refractivity contribution in [3.05, 3.63) is 22.2 Å². The van der Waals surface area contributed by atoms with Gasteiger partial charge in [0.05, 0.1) is 0 Å². The van der Waals surface area contributed by atoms with Crippen LogP contribution in [0.4, 0.5) is 5.82 Å². The lowest BCUT2D eigenvalue weighted by Gasteiger charge is -2.29. The molecule has 0 N–H and O–H groups in total. The Kier molecular flexibility index (Phi) is 2.07. The molecule has 0 unspecified atom stereocenters. The Morgan fingerprint density at radius 1 is 1.50 bits per heavy atom. The van der Waals surface area contributed by atoms with Crippen LogP contribution in [0.5, 0.6) is 0 Å². The molecule has 1 aliphatic rings. The average molecular weight is 193 g/mol. The van der Waals surface area contributed by atoms with E-state index in [2.05, 4.69) is 4.98 Å². The number of hydrogen-bond donors (Lipinski definition) is 0. The van der Waals surface area contributed by atoms with E-state index in [1.165, 1.54) is 6.33 Å². The first-order valence-electron chi connectivity index (χ1n) is 4.50. The predicted octanol–water partition coefficient (Wildman–Crippen LogP) is -0.104. The van der Waals surface area contributed by atoms with Crippen molar-refractivity contribution in [2.45, 2.75) is 13.0 Å². The van der Waals surface area contributed by atoms with Gasteiger partial charge in [-0.05, 0) is 6.42 Å². The minimum atomic E-state index is -0.444. The summed E-state index contributed by atoms with van der Waals surface area (Å²) in [5.41, 5.74) is -0.283.